The van der Waals surface area contributed by atoms with Gasteiger partial charge in [-0.15, -0.1) is 0 Å². The Balaban J connectivity index is 2.32. The highest BCUT2D eigenvalue weighted by molar-refractivity contribution is 5.67. The molecule has 1 fully saturated rings. The molecule has 0 spiro atoms. The summed E-state index contributed by atoms with van der Waals surface area (Å²) in [6.45, 7) is 4.60. The van der Waals surface area contributed by atoms with Crippen LogP contribution in [0.25, 0.3) is 0 Å². The lowest BCUT2D eigenvalue weighted by atomic mass is 9.91. The minimum absolute atomic E-state index is 0.174. The van der Waals surface area contributed by atoms with Gasteiger partial charge in [-0.05, 0) is 38.6 Å². The van der Waals surface area contributed by atoms with E-state index in [1.165, 1.54) is 0 Å². The fourth-order valence-corrected chi connectivity index (χ4v) is 2.24. The Morgan fingerprint density at radius 3 is 2.41 bits per heavy atom. The first kappa shape index (κ1) is 14.3. The second kappa shape index (κ2) is 6.84. The van der Waals surface area contributed by atoms with Gasteiger partial charge in [0.2, 0.25) is 0 Å². The van der Waals surface area contributed by atoms with Crippen LogP contribution in [-0.2, 0) is 4.74 Å². The van der Waals surface area contributed by atoms with Gasteiger partial charge in [-0.1, -0.05) is 13.8 Å². The molecule has 0 atom stereocenters. The first-order valence-electron chi connectivity index (χ1n) is 6.61. The predicted octanol–water partition coefficient (Wildman–Crippen LogP) is 2.24. The van der Waals surface area contributed by atoms with E-state index in [9.17, 15) is 4.79 Å². The Bertz CT molecular complexity index is 236. The van der Waals surface area contributed by atoms with Gasteiger partial charge in [-0.2, -0.15) is 0 Å². The molecule has 0 unspecified atom stereocenters. The maximum Gasteiger partial charge on any atom is 0.409 e. The lowest BCUT2D eigenvalue weighted by Gasteiger charge is -2.34. The van der Waals surface area contributed by atoms with E-state index in [1.807, 2.05) is 27.9 Å². The molecule has 1 rings (SSSR count). The standard InChI is InChI=1S/C13H26N2O2/c1-10(2)9-17-13(16)15(4)12-7-5-11(14-3)6-8-12/h10-12,14H,5-9H2,1-4H3. The van der Waals surface area contributed by atoms with Crippen LogP contribution in [0.2, 0.25) is 0 Å². The van der Waals surface area contributed by atoms with Crippen molar-refractivity contribution in [3.63, 3.8) is 0 Å². The second-order valence-electron chi connectivity index (χ2n) is 5.38. The van der Waals surface area contributed by atoms with Crippen molar-refractivity contribution < 1.29 is 9.53 Å². The topological polar surface area (TPSA) is 41.6 Å². The number of hydrogen-bond donors (Lipinski definition) is 1. The Morgan fingerprint density at radius 2 is 1.94 bits per heavy atom. The quantitative estimate of drug-likeness (QED) is 0.822. The average molecular weight is 242 g/mol. The smallest absolute Gasteiger partial charge is 0.409 e. The van der Waals surface area contributed by atoms with Crippen molar-refractivity contribution in [2.24, 2.45) is 5.92 Å². The van der Waals surface area contributed by atoms with Crippen LogP contribution in [0.15, 0.2) is 0 Å². The van der Waals surface area contributed by atoms with Crippen molar-refractivity contribution in [1.29, 1.82) is 0 Å². The van der Waals surface area contributed by atoms with Gasteiger partial charge in [-0.3, -0.25) is 0 Å². The van der Waals surface area contributed by atoms with Gasteiger partial charge in [0.05, 0.1) is 6.61 Å². The van der Waals surface area contributed by atoms with Crippen LogP contribution in [-0.4, -0.2) is 43.8 Å². The molecule has 4 heteroatoms. The molecule has 1 saturated carbocycles. The van der Waals surface area contributed by atoms with Crippen molar-refractivity contribution in [3.8, 4) is 0 Å². The molecule has 0 radical (unpaired) electrons. The number of carbonyl (C=O) groups is 1. The van der Waals surface area contributed by atoms with Gasteiger partial charge in [0.1, 0.15) is 0 Å². The molecule has 1 N–H and O–H groups in total. The van der Waals surface area contributed by atoms with E-state index in [0.29, 0.717) is 24.6 Å². The van der Waals surface area contributed by atoms with Gasteiger partial charge in [0.15, 0.2) is 0 Å². The molecule has 1 aliphatic carbocycles. The molecule has 0 heterocycles. The van der Waals surface area contributed by atoms with Crippen LogP contribution in [0.4, 0.5) is 4.79 Å². The number of nitrogens with zero attached hydrogens (tertiary/aromatic N) is 1. The molecule has 0 aromatic carbocycles. The predicted molar refractivity (Wildman–Crippen MR) is 69.1 cm³/mol. The molecule has 17 heavy (non-hydrogen) atoms. The molecule has 1 aliphatic rings. The third-order valence-electron chi connectivity index (χ3n) is 3.48. The van der Waals surface area contributed by atoms with Gasteiger partial charge in [-0.25, -0.2) is 4.79 Å². The van der Waals surface area contributed by atoms with E-state index in [2.05, 4.69) is 5.32 Å². The SMILES string of the molecule is CNC1CCC(N(C)C(=O)OCC(C)C)CC1. The molecule has 4 nitrogen and oxygen atoms in total. The first-order valence-corrected chi connectivity index (χ1v) is 6.61. The number of nitrogens with one attached hydrogen (secondary N) is 1. The normalized spacial score (nSPS) is 24.8. The summed E-state index contributed by atoms with van der Waals surface area (Å²) in [6, 6.07) is 0.964. The highest BCUT2D eigenvalue weighted by atomic mass is 16.6. The lowest BCUT2D eigenvalue weighted by molar-refractivity contribution is 0.0781. The molecular formula is C13H26N2O2. The van der Waals surface area contributed by atoms with Crippen LogP contribution >= 0.6 is 0 Å². The summed E-state index contributed by atoms with van der Waals surface area (Å²) in [5.74, 6) is 0.396. The Kier molecular flexibility index (Phi) is 5.75. The zero-order chi connectivity index (χ0) is 12.8. The summed E-state index contributed by atoms with van der Waals surface area (Å²) in [7, 11) is 3.86. The van der Waals surface area contributed by atoms with E-state index < -0.39 is 0 Å². The highest BCUT2D eigenvalue weighted by Gasteiger charge is 2.26. The number of hydrogen-bond acceptors (Lipinski definition) is 3. The fourth-order valence-electron chi connectivity index (χ4n) is 2.24. The highest BCUT2D eigenvalue weighted by Crippen LogP contribution is 2.22. The zero-order valence-electron chi connectivity index (χ0n) is 11.5. The molecule has 0 bridgehead atoms. The van der Waals surface area contributed by atoms with E-state index in [0.717, 1.165) is 25.7 Å². The Labute approximate surface area is 105 Å². The average Bonchev–Trinajstić information content (AvgIpc) is 2.35. The molecular weight excluding hydrogens is 216 g/mol. The Morgan fingerprint density at radius 1 is 1.35 bits per heavy atom. The first-order chi connectivity index (χ1) is 8.04. The monoisotopic (exact) mass is 242 g/mol. The molecule has 0 aromatic heterocycles. The maximum absolute atomic E-state index is 11.8. The Hall–Kier alpha value is -0.770. The third-order valence-corrected chi connectivity index (χ3v) is 3.48. The van der Waals surface area contributed by atoms with Gasteiger partial charge >= 0.3 is 6.09 Å². The number of carbonyl (C=O) groups excluding carboxylic acids is 1. The number of ether oxygens (including phenoxy) is 1. The molecule has 100 valence electrons. The summed E-state index contributed by atoms with van der Waals surface area (Å²) in [5, 5.41) is 3.30. The van der Waals surface area contributed by atoms with Crippen LogP contribution in [0.1, 0.15) is 39.5 Å². The van der Waals surface area contributed by atoms with Crippen molar-refractivity contribution in [1.82, 2.24) is 10.2 Å². The largest absolute Gasteiger partial charge is 0.449 e. The van der Waals surface area contributed by atoms with Crippen molar-refractivity contribution in [2.75, 3.05) is 20.7 Å². The molecule has 0 saturated heterocycles. The lowest BCUT2D eigenvalue weighted by Crippen LogP contribution is -2.43. The number of rotatable bonds is 4. The van der Waals surface area contributed by atoms with Crippen molar-refractivity contribution in [3.05, 3.63) is 0 Å². The van der Waals surface area contributed by atoms with Crippen molar-refractivity contribution in [2.45, 2.75) is 51.6 Å². The minimum atomic E-state index is -0.174. The second-order valence-corrected chi connectivity index (χ2v) is 5.38. The van der Waals surface area contributed by atoms with Gasteiger partial charge in [0.25, 0.3) is 0 Å². The summed E-state index contributed by atoms with van der Waals surface area (Å²) >= 11 is 0. The summed E-state index contributed by atoms with van der Waals surface area (Å²) < 4.78 is 5.24. The maximum atomic E-state index is 11.8. The molecule has 1 amide bonds. The molecule has 0 aliphatic heterocycles. The van der Waals surface area contributed by atoms with Crippen LogP contribution in [0, 0.1) is 5.92 Å². The summed E-state index contributed by atoms with van der Waals surface area (Å²) in [6.07, 6.45) is 4.25. The summed E-state index contributed by atoms with van der Waals surface area (Å²) in [4.78, 5) is 13.6. The summed E-state index contributed by atoms with van der Waals surface area (Å²) in [5.41, 5.74) is 0. The molecule has 0 aromatic rings. The van der Waals surface area contributed by atoms with Gasteiger partial charge in [0, 0.05) is 19.1 Å². The van der Waals surface area contributed by atoms with E-state index in [1.54, 1.807) is 4.90 Å². The van der Waals surface area contributed by atoms with E-state index >= 15 is 0 Å². The third kappa shape index (κ3) is 4.54. The number of amides is 1. The van der Waals surface area contributed by atoms with Crippen LogP contribution < -0.4 is 5.32 Å². The minimum Gasteiger partial charge on any atom is -0.449 e. The fraction of sp³-hybridized carbons (Fsp3) is 0.923. The van der Waals surface area contributed by atoms with E-state index in [4.69, 9.17) is 4.74 Å². The van der Waals surface area contributed by atoms with E-state index in [-0.39, 0.29) is 6.09 Å². The van der Waals surface area contributed by atoms with Crippen molar-refractivity contribution >= 4 is 6.09 Å². The van der Waals surface area contributed by atoms with Gasteiger partial charge < -0.3 is 15.0 Å². The zero-order valence-corrected chi connectivity index (χ0v) is 11.5. The van der Waals surface area contributed by atoms with Crippen LogP contribution in [0.5, 0.6) is 0 Å². The van der Waals surface area contributed by atoms with Crippen LogP contribution in [0.3, 0.4) is 0 Å².